The maximum absolute atomic E-state index is 5.29. The van der Waals surface area contributed by atoms with Crippen LogP contribution in [0.25, 0.3) is 0 Å². The molecule has 0 fully saturated rings. The van der Waals surface area contributed by atoms with Crippen LogP contribution in [0.5, 0.6) is 11.5 Å². The van der Waals surface area contributed by atoms with Crippen LogP contribution in [-0.4, -0.2) is 26.3 Å². The molecule has 1 aromatic rings. The Kier molecular flexibility index (Phi) is 3.52. The van der Waals surface area contributed by atoms with Gasteiger partial charge < -0.3 is 14.8 Å². The molecule has 1 rings (SSSR count). The molecule has 0 amide bonds. The summed E-state index contributed by atoms with van der Waals surface area (Å²) in [7, 11) is 5.16. The molecule has 15 heavy (non-hydrogen) atoms. The fourth-order valence-corrected chi connectivity index (χ4v) is 1.47. The Morgan fingerprint density at radius 2 is 1.60 bits per heavy atom. The second-order valence-corrected chi connectivity index (χ2v) is 3.79. The summed E-state index contributed by atoms with van der Waals surface area (Å²) in [5.41, 5.74) is 0.754. The zero-order valence-electron chi connectivity index (χ0n) is 9.92. The van der Waals surface area contributed by atoms with E-state index in [0.717, 1.165) is 17.1 Å². The summed E-state index contributed by atoms with van der Waals surface area (Å²) in [6.45, 7) is 4.13. The van der Waals surface area contributed by atoms with Gasteiger partial charge in [-0.3, -0.25) is 4.98 Å². The maximum atomic E-state index is 5.29. The van der Waals surface area contributed by atoms with Crippen LogP contribution < -0.4 is 14.8 Å². The molecule has 0 spiro atoms. The Morgan fingerprint density at radius 3 is 1.93 bits per heavy atom. The van der Waals surface area contributed by atoms with Gasteiger partial charge in [0.1, 0.15) is 11.5 Å². The van der Waals surface area contributed by atoms with Crippen molar-refractivity contribution in [2.75, 3.05) is 21.3 Å². The summed E-state index contributed by atoms with van der Waals surface area (Å²) in [6.07, 6.45) is 3.38. The highest BCUT2D eigenvalue weighted by Crippen LogP contribution is 2.35. The number of nitrogens with zero attached hydrogens (tertiary/aromatic N) is 1. The Bertz CT molecular complexity index is 315. The number of nitrogens with one attached hydrogen (secondary N) is 1. The molecule has 4 nitrogen and oxygen atoms in total. The molecule has 0 atom stereocenters. The van der Waals surface area contributed by atoms with Crippen LogP contribution in [-0.2, 0) is 5.54 Å². The molecule has 0 unspecified atom stereocenters. The fourth-order valence-electron chi connectivity index (χ4n) is 1.47. The van der Waals surface area contributed by atoms with Crippen molar-refractivity contribution in [2.45, 2.75) is 19.4 Å². The molecule has 0 saturated carbocycles. The summed E-state index contributed by atoms with van der Waals surface area (Å²) in [6, 6.07) is 0. The van der Waals surface area contributed by atoms with Gasteiger partial charge in [0, 0.05) is 5.54 Å². The van der Waals surface area contributed by atoms with E-state index < -0.39 is 0 Å². The van der Waals surface area contributed by atoms with Crippen molar-refractivity contribution in [2.24, 2.45) is 0 Å². The number of rotatable bonds is 4. The minimum atomic E-state index is -0.223. The third-order valence-corrected chi connectivity index (χ3v) is 2.57. The highest BCUT2D eigenvalue weighted by molar-refractivity contribution is 5.46. The quantitative estimate of drug-likeness (QED) is 0.819. The summed E-state index contributed by atoms with van der Waals surface area (Å²) in [4.78, 5) is 4.06. The molecule has 0 aromatic carbocycles. The largest absolute Gasteiger partial charge is 0.495 e. The molecule has 0 aliphatic rings. The molecule has 84 valence electrons. The molecule has 1 heterocycles. The lowest BCUT2D eigenvalue weighted by Crippen LogP contribution is -2.34. The summed E-state index contributed by atoms with van der Waals surface area (Å²) in [5.74, 6) is 1.46. The SMILES string of the molecule is CNC(C)(C)c1c(OC)cncc1OC. The molecule has 0 aliphatic heterocycles. The van der Waals surface area contributed by atoms with Crippen molar-refractivity contribution < 1.29 is 9.47 Å². The first-order valence-electron chi connectivity index (χ1n) is 4.82. The third-order valence-electron chi connectivity index (χ3n) is 2.57. The minimum Gasteiger partial charge on any atom is -0.495 e. The van der Waals surface area contributed by atoms with Gasteiger partial charge >= 0.3 is 0 Å². The number of hydrogen-bond donors (Lipinski definition) is 1. The molecule has 0 bridgehead atoms. The first-order valence-corrected chi connectivity index (χ1v) is 4.82. The first-order chi connectivity index (χ1) is 7.06. The van der Waals surface area contributed by atoms with Crippen LogP contribution in [0.15, 0.2) is 12.4 Å². The van der Waals surface area contributed by atoms with E-state index >= 15 is 0 Å². The van der Waals surface area contributed by atoms with Gasteiger partial charge in [-0.2, -0.15) is 0 Å². The van der Waals surface area contributed by atoms with Crippen LogP contribution in [0.2, 0.25) is 0 Å². The minimum absolute atomic E-state index is 0.223. The molecule has 0 saturated heterocycles. The van der Waals surface area contributed by atoms with E-state index in [1.54, 1.807) is 26.6 Å². The van der Waals surface area contributed by atoms with Gasteiger partial charge in [-0.15, -0.1) is 0 Å². The van der Waals surface area contributed by atoms with Crippen molar-refractivity contribution in [1.82, 2.24) is 10.3 Å². The molecule has 0 radical (unpaired) electrons. The molecular formula is C11H18N2O2. The standard InChI is InChI=1S/C11H18N2O2/c1-11(2,12-3)10-8(14-4)6-13-7-9(10)15-5/h6-7,12H,1-5H3. The van der Waals surface area contributed by atoms with Crippen molar-refractivity contribution in [3.63, 3.8) is 0 Å². The van der Waals surface area contributed by atoms with Crippen molar-refractivity contribution in [3.05, 3.63) is 18.0 Å². The average Bonchev–Trinajstić information content (AvgIpc) is 2.27. The van der Waals surface area contributed by atoms with Gasteiger partial charge in [-0.25, -0.2) is 0 Å². The van der Waals surface area contributed by atoms with Gasteiger partial charge in [0.2, 0.25) is 0 Å². The van der Waals surface area contributed by atoms with Gasteiger partial charge in [-0.1, -0.05) is 0 Å². The summed E-state index contributed by atoms with van der Waals surface area (Å²) in [5, 5.41) is 3.22. The Morgan fingerprint density at radius 1 is 1.13 bits per heavy atom. The van der Waals surface area contributed by atoms with Crippen molar-refractivity contribution in [3.8, 4) is 11.5 Å². The monoisotopic (exact) mass is 210 g/mol. The summed E-state index contributed by atoms with van der Waals surface area (Å²) >= 11 is 0. The van der Waals surface area contributed by atoms with E-state index in [4.69, 9.17) is 9.47 Å². The summed E-state index contributed by atoms with van der Waals surface area (Å²) < 4.78 is 10.6. The second-order valence-electron chi connectivity index (χ2n) is 3.79. The molecule has 4 heteroatoms. The number of hydrogen-bond acceptors (Lipinski definition) is 4. The van der Waals surface area contributed by atoms with Gasteiger partial charge in [0.15, 0.2) is 0 Å². The predicted molar refractivity (Wildman–Crippen MR) is 59.4 cm³/mol. The van der Waals surface area contributed by atoms with E-state index in [9.17, 15) is 0 Å². The maximum Gasteiger partial charge on any atom is 0.145 e. The lowest BCUT2D eigenvalue weighted by molar-refractivity contribution is 0.342. The average molecular weight is 210 g/mol. The lowest BCUT2D eigenvalue weighted by Gasteiger charge is -2.27. The van der Waals surface area contributed by atoms with Gasteiger partial charge in [0.05, 0.1) is 32.2 Å². The van der Waals surface area contributed by atoms with Crippen LogP contribution in [0.3, 0.4) is 0 Å². The van der Waals surface area contributed by atoms with Crippen molar-refractivity contribution in [1.29, 1.82) is 0 Å². The molecular weight excluding hydrogens is 192 g/mol. The Labute approximate surface area is 90.6 Å². The Hall–Kier alpha value is -1.29. The second kappa shape index (κ2) is 4.49. The lowest BCUT2D eigenvalue weighted by atomic mass is 9.94. The molecule has 0 aliphatic carbocycles. The Balaban J connectivity index is 3.34. The molecule has 1 N–H and O–H groups in total. The van der Waals surface area contributed by atoms with Crippen molar-refractivity contribution >= 4 is 0 Å². The number of methoxy groups -OCH3 is 2. The normalized spacial score (nSPS) is 11.3. The fraction of sp³-hybridized carbons (Fsp3) is 0.545. The van der Waals surface area contributed by atoms with Gasteiger partial charge in [0.25, 0.3) is 0 Å². The topological polar surface area (TPSA) is 43.4 Å². The predicted octanol–water partition coefficient (Wildman–Crippen LogP) is 1.55. The van der Waals surface area contributed by atoms with E-state index in [1.165, 1.54) is 0 Å². The zero-order chi connectivity index (χ0) is 11.5. The first kappa shape index (κ1) is 11.8. The van der Waals surface area contributed by atoms with Crippen LogP contribution in [0.1, 0.15) is 19.4 Å². The van der Waals surface area contributed by atoms with E-state index in [-0.39, 0.29) is 5.54 Å². The van der Waals surface area contributed by atoms with Gasteiger partial charge in [-0.05, 0) is 20.9 Å². The molecule has 1 aromatic heterocycles. The van der Waals surface area contributed by atoms with E-state index in [0.29, 0.717) is 0 Å². The zero-order valence-corrected chi connectivity index (χ0v) is 9.92. The third kappa shape index (κ3) is 2.21. The van der Waals surface area contributed by atoms with Crippen LogP contribution in [0, 0.1) is 0 Å². The van der Waals surface area contributed by atoms with E-state index in [1.807, 2.05) is 7.05 Å². The number of ether oxygens (including phenoxy) is 2. The highest BCUT2D eigenvalue weighted by atomic mass is 16.5. The number of aromatic nitrogens is 1. The number of pyridine rings is 1. The van der Waals surface area contributed by atoms with Crippen LogP contribution in [0.4, 0.5) is 0 Å². The van der Waals surface area contributed by atoms with E-state index in [2.05, 4.69) is 24.1 Å². The smallest absolute Gasteiger partial charge is 0.145 e. The highest BCUT2D eigenvalue weighted by Gasteiger charge is 2.26. The van der Waals surface area contributed by atoms with Crippen LogP contribution >= 0.6 is 0 Å².